The molecule has 0 amide bonds. The van der Waals surface area contributed by atoms with E-state index in [1.54, 1.807) is 24.3 Å². The van der Waals surface area contributed by atoms with E-state index in [2.05, 4.69) is 13.8 Å². The normalized spacial score (nSPS) is 18.0. The molecule has 0 aromatic heterocycles. The predicted octanol–water partition coefficient (Wildman–Crippen LogP) is 17.8. The molecule has 4 aromatic carbocycles. The van der Waals surface area contributed by atoms with E-state index in [1.807, 2.05) is 85.2 Å². The van der Waals surface area contributed by atoms with E-state index in [0.717, 1.165) is 73.0 Å². The van der Waals surface area contributed by atoms with Gasteiger partial charge in [0.2, 0.25) is 0 Å². The number of esters is 2. The number of ether oxygens (including phenoxy) is 4. The summed E-state index contributed by atoms with van der Waals surface area (Å²) in [6, 6.07) is 30.5. The van der Waals surface area contributed by atoms with Crippen molar-refractivity contribution in [2.24, 2.45) is 21.8 Å². The van der Waals surface area contributed by atoms with Crippen molar-refractivity contribution >= 4 is 24.4 Å². The Bertz CT molecular complexity index is 2000. The van der Waals surface area contributed by atoms with E-state index >= 15 is 0 Å². The molecule has 396 valence electrons. The van der Waals surface area contributed by atoms with Crippen LogP contribution in [-0.4, -0.2) is 49.7 Å². The lowest BCUT2D eigenvalue weighted by Crippen LogP contribution is -2.23. The van der Waals surface area contributed by atoms with Crippen molar-refractivity contribution in [3.8, 4) is 23.0 Å². The van der Waals surface area contributed by atoms with Gasteiger partial charge in [0.15, 0.2) is 0 Å². The topological polar surface area (TPSA) is 95.8 Å². The molecule has 0 aliphatic heterocycles. The maximum Gasteiger partial charge on any atom is 0.343 e. The number of benzene rings is 4. The quantitative estimate of drug-likeness (QED) is 0.0200. The van der Waals surface area contributed by atoms with Crippen LogP contribution in [0.1, 0.15) is 232 Å². The Kier molecular flexibility index (Phi) is 26.8. The number of hydrogen-bond acceptors (Lipinski definition) is 8. The summed E-state index contributed by atoms with van der Waals surface area (Å²) in [4.78, 5) is 35.6. The van der Waals surface area contributed by atoms with Gasteiger partial charge in [0, 0.05) is 24.5 Å². The predicted molar refractivity (Wildman–Crippen MR) is 302 cm³/mol. The molecule has 0 bridgehead atoms. The zero-order valence-corrected chi connectivity index (χ0v) is 45.0. The third-order valence-corrected chi connectivity index (χ3v) is 15.1. The second-order valence-corrected chi connectivity index (χ2v) is 21.2. The van der Waals surface area contributed by atoms with Crippen LogP contribution in [0.25, 0.3) is 0 Å². The number of carbonyl (C=O) groups is 2. The Morgan fingerprint density at radius 2 is 0.699 bits per heavy atom. The molecule has 0 saturated heterocycles. The van der Waals surface area contributed by atoms with Crippen molar-refractivity contribution < 1.29 is 28.5 Å². The molecular formula is C65H90N2O6. The van der Waals surface area contributed by atoms with Gasteiger partial charge < -0.3 is 18.9 Å². The fourth-order valence-corrected chi connectivity index (χ4v) is 10.4. The van der Waals surface area contributed by atoms with Crippen LogP contribution in [0, 0.1) is 11.8 Å². The van der Waals surface area contributed by atoms with E-state index in [9.17, 15) is 9.59 Å². The van der Waals surface area contributed by atoms with Crippen LogP contribution < -0.4 is 18.9 Å². The first-order chi connectivity index (χ1) is 35.9. The molecule has 0 radical (unpaired) electrons. The summed E-state index contributed by atoms with van der Waals surface area (Å²) in [5.41, 5.74) is 3.04. The molecule has 6 rings (SSSR count). The number of unbranched alkanes of at least 4 members (excludes halogenated alkanes) is 18. The average molecular weight is 995 g/mol. The first-order valence-corrected chi connectivity index (χ1v) is 29.1. The number of hydrogen-bond donors (Lipinski definition) is 0. The molecule has 0 spiro atoms. The molecule has 8 nitrogen and oxygen atoms in total. The molecule has 2 aliphatic carbocycles. The van der Waals surface area contributed by atoms with Crippen molar-refractivity contribution in [2.45, 2.75) is 212 Å². The highest BCUT2D eigenvalue weighted by Gasteiger charge is 2.26. The molecule has 2 aliphatic rings. The fourth-order valence-electron chi connectivity index (χ4n) is 10.4. The van der Waals surface area contributed by atoms with Gasteiger partial charge in [-0.1, -0.05) is 129 Å². The minimum absolute atomic E-state index is 0.364. The van der Waals surface area contributed by atoms with Crippen molar-refractivity contribution in [1.82, 2.24) is 0 Å². The van der Waals surface area contributed by atoms with Gasteiger partial charge >= 0.3 is 11.9 Å². The zero-order chi connectivity index (χ0) is 51.0. The van der Waals surface area contributed by atoms with Crippen molar-refractivity contribution in [2.75, 3.05) is 13.2 Å². The average Bonchev–Trinajstić information content (AvgIpc) is 3.42. The van der Waals surface area contributed by atoms with Crippen LogP contribution in [-0.2, 0) is 0 Å². The van der Waals surface area contributed by atoms with Gasteiger partial charge in [-0.2, -0.15) is 0 Å². The summed E-state index contributed by atoms with van der Waals surface area (Å²) < 4.78 is 23.2. The van der Waals surface area contributed by atoms with Gasteiger partial charge in [-0.05, 0) is 191 Å². The fraction of sp³-hybridized carbons (Fsp3) is 0.569. The maximum atomic E-state index is 12.9. The van der Waals surface area contributed by atoms with Gasteiger partial charge in [0.25, 0.3) is 0 Å². The SMILES string of the molecule is CCCCCCCCCCCCOc1ccc(C(=O)Oc2ccc(C=NC3CCC(CC4CCC(N=Cc5ccc(OC(=O)c6ccc(OCCCCCCCCCCCC)cc6)cc5)CC4)CC3)cc2)cc1. The van der Waals surface area contributed by atoms with Crippen molar-refractivity contribution in [3.05, 3.63) is 119 Å². The van der Waals surface area contributed by atoms with Crippen molar-refractivity contribution in [1.29, 1.82) is 0 Å². The first-order valence-electron chi connectivity index (χ1n) is 29.1. The van der Waals surface area contributed by atoms with Crippen LogP contribution in [0.15, 0.2) is 107 Å². The van der Waals surface area contributed by atoms with E-state index < -0.39 is 0 Å². The molecule has 73 heavy (non-hydrogen) atoms. The standard InChI is InChI=1S/C65H90N2O6/c1-3-5-7-9-11-13-15-17-19-21-47-70-60-43-31-56(32-44-60)64(68)72-62-39-27-54(28-40-62)50-66-58-35-23-52(24-36-58)49-53-25-37-59(38-26-53)67-51-55-29-41-63(42-30-55)73-65(69)57-33-45-61(46-34-57)71-48-22-20-18-16-14-12-10-8-6-4-2/h27-34,39-46,50-53,58-59H,3-26,35-38,47-49H2,1-2H3. The molecule has 0 N–H and O–H groups in total. The Balaban J connectivity index is 0.783. The van der Waals surface area contributed by atoms with E-state index in [0.29, 0.717) is 47.9 Å². The number of carbonyl (C=O) groups excluding carboxylic acids is 2. The highest BCUT2D eigenvalue weighted by molar-refractivity contribution is 5.92. The summed E-state index contributed by atoms with van der Waals surface area (Å²) >= 11 is 0. The van der Waals surface area contributed by atoms with Crippen LogP contribution in [0.5, 0.6) is 23.0 Å². The summed E-state index contributed by atoms with van der Waals surface area (Å²) in [5.74, 6) is 3.44. The Labute approximate surface area is 440 Å². The summed E-state index contributed by atoms with van der Waals surface area (Å²) in [7, 11) is 0. The molecule has 0 unspecified atom stereocenters. The minimum atomic E-state index is -0.375. The molecule has 2 fully saturated rings. The van der Waals surface area contributed by atoms with Gasteiger partial charge in [-0.15, -0.1) is 0 Å². The molecule has 0 heterocycles. The second kappa shape index (κ2) is 34.3. The van der Waals surface area contributed by atoms with Crippen LogP contribution >= 0.6 is 0 Å². The lowest BCUT2D eigenvalue weighted by atomic mass is 9.76. The van der Waals surface area contributed by atoms with Gasteiger partial charge in [0.05, 0.1) is 24.3 Å². The number of aliphatic imine (C=N–C) groups is 2. The lowest BCUT2D eigenvalue weighted by Gasteiger charge is -2.32. The van der Waals surface area contributed by atoms with Crippen LogP contribution in [0.2, 0.25) is 0 Å². The third kappa shape index (κ3) is 22.8. The van der Waals surface area contributed by atoms with E-state index in [1.165, 1.54) is 148 Å². The largest absolute Gasteiger partial charge is 0.494 e. The van der Waals surface area contributed by atoms with Crippen LogP contribution in [0.4, 0.5) is 0 Å². The molecule has 2 saturated carbocycles. The summed E-state index contributed by atoms with van der Waals surface area (Å²) in [6.07, 6.45) is 40.8. The van der Waals surface area contributed by atoms with Crippen molar-refractivity contribution in [3.63, 3.8) is 0 Å². The molecule has 0 atom stereocenters. The highest BCUT2D eigenvalue weighted by atomic mass is 16.5. The van der Waals surface area contributed by atoms with Gasteiger partial charge in [-0.25, -0.2) is 9.59 Å². The zero-order valence-electron chi connectivity index (χ0n) is 45.0. The van der Waals surface area contributed by atoms with Crippen LogP contribution in [0.3, 0.4) is 0 Å². The molecular weight excluding hydrogens is 905 g/mol. The Hall–Kier alpha value is -5.24. The maximum absolute atomic E-state index is 12.9. The number of rotatable bonds is 34. The first kappa shape index (κ1) is 57.0. The Morgan fingerprint density at radius 1 is 0.397 bits per heavy atom. The van der Waals surface area contributed by atoms with Gasteiger partial charge in [-0.3, -0.25) is 9.98 Å². The lowest BCUT2D eigenvalue weighted by molar-refractivity contribution is 0.0725. The second-order valence-electron chi connectivity index (χ2n) is 21.2. The molecule has 4 aromatic rings. The number of nitrogens with zero attached hydrogens (tertiary/aromatic N) is 2. The monoisotopic (exact) mass is 995 g/mol. The third-order valence-electron chi connectivity index (χ3n) is 15.1. The van der Waals surface area contributed by atoms with E-state index in [-0.39, 0.29) is 11.9 Å². The van der Waals surface area contributed by atoms with Gasteiger partial charge in [0.1, 0.15) is 23.0 Å². The van der Waals surface area contributed by atoms with E-state index in [4.69, 9.17) is 28.9 Å². The summed E-state index contributed by atoms with van der Waals surface area (Å²) in [6.45, 7) is 5.93. The summed E-state index contributed by atoms with van der Waals surface area (Å²) in [5, 5.41) is 0. The Morgan fingerprint density at radius 3 is 1.03 bits per heavy atom. The smallest absolute Gasteiger partial charge is 0.343 e. The molecule has 8 heteroatoms. The minimum Gasteiger partial charge on any atom is -0.494 e. The highest BCUT2D eigenvalue weighted by Crippen LogP contribution is 2.37.